The number of carbonyl (C=O) groups is 2. The summed E-state index contributed by atoms with van der Waals surface area (Å²) >= 11 is 3.01. The average molecular weight is 620 g/mol. The number of rotatable bonds is 12. The number of likely N-dealkylation sites (N-methyl/N-ethyl adjacent to an activating group) is 1. The molecule has 16 heteroatoms. The molecule has 4 rings (SSSR count). The molecule has 0 aliphatic carbocycles. The third kappa shape index (κ3) is 7.55. The Bertz CT molecular complexity index is 1510. The normalized spacial score (nSPS) is 12.1. The molecule has 2 N–H and O–H groups in total. The molecule has 0 spiro atoms. The first-order chi connectivity index (χ1) is 20.0. The second-order valence-corrected chi connectivity index (χ2v) is 11.4. The van der Waals surface area contributed by atoms with Crippen LogP contribution >= 0.6 is 22.7 Å². The van der Waals surface area contributed by atoms with Gasteiger partial charge < -0.3 is 20.4 Å². The van der Waals surface area contributed by atoms with E-state index >= 15 is 0 Å². The van der Waals surface area contributed by atoms with Crippen molar-refractivity contribution in [3.05, 3.63) is 57.9 Å². The van der Waals surface area contributed by atoms with Gasteiger partial charge in [-0.1, -0.05) is 6.07 Å². The van der Waals surface area contributed by atoms with Gasteiger partial charge in [-0.2, -0.15) is 13.2 Å². The fraction of sp³-hybridized carbons (Fsp3) is 0.346. The molecule has 4 heterocycles. The van der Waals surface area contributed by atoms with Gasteiger partial charge in [0.15, 0.2) is 5.13 Å². The first kappa shape index (κ1) is 30.8. The van der Waals surface area contributed by atoms with Gasteiger partial charge in [0.2, 0.25) is 18.3 Å². The highest BCUT2D eigenvalue weighted by Gasteiger charge is 2.32. The molecular weight excluding hydrogens is 591 g/mol. The number of thiazole rings is 2. The molecule has 1 atom stereocenters. The number of aryl methyl sites for hydroxylation is 2. The van der Waals surface area contributed by atoms with Gasteiger partial charge in [-0.3, -0.25) is 9.59 Å². The molecule has 0 aromatic carbocycles. The van der Waals surface area contributed by atoms with Crippen LogP contribution in [0, 0.1) is 13.8 Å². The van der Waals surface area contributed by atoms with Crippen LogP contribution in [0.4, 0.5) is 30.1 Å². The van der Waals surface area contributed by atoms with Gasteiger partial charge in [-0.15, -0.1) is 22.7 Å². The molecule has 0 bridgehead atoms. The van der Waals surface area contributed by atoms with Crippen LogP contribution in [0.5, 0.6) is 0 Å². The largest absolute Gasteiger partial charge is 0.419 e. The minimum absolute atomic E-state index is 0.00977. The van der Waals surface area contributed by atoms with Gasteiger partial charge in [0, 0.05) is 57.7 Å². The minimum atomic E-state index is -4.59. The highest BCUT2D eigenvalue weighted by molar-refractivity contribution is 7.16. The molecule has 4 aromatic rings. The number of alkyl halides is 3. The van der Waals surface area contributed by atoms with Gasteiger partial charge in [-0.25, -0.2) is 24.9 Å². The van der Waals surface area contributed by atoms with Crippen LogP contribution < -0.4 is 15.5 Å². The van der Waals surface area contributed by atoms with Gasteiger partial charge in [0.1, 0.15) is 5.82 Å². The van der Waals surface area contributed by atoms with E-state index in [0.717, 1.165) is 21.3 Å². The van der Waals surface area contributed by atoms with Crippen molar-refractivity contribution in [1.82, 2.24) is 35.1 Å². The van der Waals surface area contributed by atoms with E-state index in [-0.39, 0.29) is 31.5 Å². The number of hydrogen-bond acceptors (Lipinski definition) is 11. The molecule has 11 nitrogen and oxygen atoms in total. The van der Waals surface area contributed by atoms with Gasteiger partial charge in [0.05, 0.1) is 32.8 Å². The van der Waals surface area contributed by atoms with E-state index in [0.29, 0.717) is 35.3 Å². The number of carbonyl (C=O) groups excluding carboxylic acids is 2. The topological polar surface area (TPSA) is 129 Å². The Labute approximate surface area is 247 Å². The van der Waals surface area contributed by atoms with E-state index in [1.54, 1.807) is 48.7 Å². The van der Waals surface area contributed by atoms with Crippen LogP contribution in [-0.4, -0.2) is 75.9 Å². The van der Waals surface area contributed by atoms with Crippen LogP contribution in [0.3, 0.4) is 0 Å². The molecule has 1 unspecified atom stereocenters. The molecule has 0 aliphatic heterocycles. The summed E-state index contributed by atoms with van der Waals surface area (Å²) in [6, 6.07) is 3.48. The lowest BCUT2D eigenvalue weighted by Crippen LogP contribution is -2.40. The van der Waals surface area contributed by atoms with E-state index in [1.165, 1.54) is 16.2 Å². The fourth-order valence-electron chi connectivity index (χ4n) is 4.02. The summed E-state index contributed by atoms with van der Waals surface area (Å²) in [6.45, 7) is 4.24. The SMILES string of the molecule is Cc1nc(C)c(-c2csc(Nc3ccc(C(CN(CCNC=O)c4ncc(C(F)(F)F)cn4)C(=O)N(C)C)cn3)n2)s1. The summed E-state index contributed by atoms with van der Waals surface area (Å²) in [5, 5.41) is 9.25. The predicted octanol–water partition coefficient (Wildman–Crippen LogP) is 4.26. The van der Waals surface area contributed by atoms with Crippen LogP contribution in [0.1, 0.15) is 27.7 Å². The van der Waals surface area contributed by atoms with E-state index in [2.05, 4.69) is 35.6 Å². The molecular formula is C26H28F3N9O2S2. The maximum absolute atomic E-state index is 13.3. The predicted molar refractivity (Wildman–Crippen MR) is 155 cm³/mol. The monoisotopic (exact) mass is 619 g/mol. The van der Waals surface area contributed by atoms with Crippen molar-refractivity contribution in [3.8, 4) is 10.6 Å². The second-order valence-electron chi connectivity index (χ2n) is 9.36. The smallest absolute Gasteiger partial charge is 0.357 e. The van der Waals surface area contributed by atoms with Gasteiger partial charge in [0.25, 0.3) is 0 Å². The summed E-state index contributed by atoms with van der Waals surface area (Å²) < 4.78 is 39.2. The molecule has 0 saturated heterocycles. The molecule has 4 aromatic heterocycles. The number of amides is 2. The summed E-state index contributed by atoms with van der Waals surface area (Å²) in [5.74, 6) is -0.499. The van der Waals surface area contributed by atoms with Crippen LogP contribution in [0.2, 0.25) is 0 Å². The molecule has 0 saturated carbocycles. The molecule has 2 amide bonds. The molecule has 0 radical (unpaired) electrons. The summed E-state index contributed by atoms with van der Waals surface area (Å²) in [7, 11) is 3.22. The summed E-state index contributed by atoms with van der Waals surface area (Å²) in [4.78, 5) is 49.4. The van der Waals surface area contributed by atoms with Crippen molar-refractivity contribution < 1.29 is 22.8 Å². The van der Waals surface area contributed by atoms with Crippen molar-refractivity contribution in [3.63, 3.8) is 0 Å². The first-order valence-corrected chi connectivity index (χ1v) is 14.3. The third-order valence-electron chi connectivity index (χ3n) is 6.06. The number of nitrogens with one attached hydrogen (secondary N) is 2. The molecule has 42 heavy (non-hydrogen) atoms. The molecule has 0 fully saturated rings. The number of aromatic nitrogens is 5. The number of pyridine rings is 1. The van der Waals surface area contributed by atoms with Crippen molar-refractivity contribution in [2.24, 2.45) is 0 Å². The maximum Gasteiger partial charge on any atom is 0.419 e. The van der Waals surface area contributed by atoms with E-state index in [4.69, 9.17) is 0 Å². The highest BCUT2D eigenvalue weighted by Crippen LogP contribution is 2.33. The van der Waals surface area contributed by atoms with Gasteiger partial charge >= 0.3 is 6.18 Å². The Morgan fingerprint density at radius 2 is 1.83 bits per heavy atom. The summed E-state index contributed by atoms with van der Waals surface area (Å²) in [6.07, 6.45) is -1.14. The lowest BCUT2D eigenvalue weighted by atomic mass is 9.98. The lowest BCUT2D eigenvalue weighted by Gasteiger charge is -2.29. The number of hydrogen-bond donors (Lipinski definition) is 2. The highest BCUT2D eigenvalue weighted by atomic mass is 32.1. The second kappa shape index (κ2) is 13.2. The number of anilines is 3. The zero-order valence-electron chi connectivity index (χ0n) is 23.1. The first-order valence-electron chi connectivity index (χ1n) is 12.6. The standard InChI is InChI=1S/C26H28F3N9O2S2/c1-15-22(42-16(2)34-15)20-13-41-25(35-20)36-21-6-5-17(9-31-21)19(23(40)37(3)4)12-38(8-7-30-14-39)24-32-10-18(11-33-24)26(27,28)29/h5-6,9-11,13-14,19H,7-8,12H2,1-4H3,(H,30,39)(H,31,35,36). The van der Waals surface area contributed by atoms with Crippen LogP contribution in [0.25, 0.3) is 10.6 Å². The number of nitrogens with zero attached hydrogens (tertiary/aromatic N) is 7. The third-order valence-corrected chi connectivity index (χ3v) is 7.92. The Morgan fingerprint density at radius 3 is 2.40 bits per heavy atom. The Morgan fingerprint density at radius 1 is 1.10 bits per heavy atom. The zero-order chi connectivity index (χ0) is 30.4. The lowest BCUT2D eigenvalue weighted by molar-refractivity contribution is -0.138. The Kier molecular flexibility index (Phi) is 9.67. The van der Waals surface area contributed by atoms with E-state index in [1.807, 2.05) is 19.2 Å². The molecule has 222 valence electrons. The van der Waals surface area contributed by atoms with Crippen LogP contribution in [0.15, 0.2) is 36.1 Å². The minimum Gasteiger partial charge on any atom is -0.357 e. The summed E-state index contributed by atoms with van der Waals surface area (Å²) in [5.41, 5.74) is 1.34. The Balaban J connectivity index is 1.55. The zero-order valence-corrected chi connectivity index (χ0v) is 24.8. The van der Waals surface area contributed by atoms with Gasteiger partial charge in [-0.05, 0) is 25.5 Å². The van der Waals surface area contributed by atoms with E-state index in [9.17, 15) is 22.8 Å². The van der Waals surface area contributed by atoms with Crippen molar-refractivity contribution in [2.75, 3.05) is 43.9 Å². The molecule has 0 aliphatic rings. The van der Waals surface area contributed by atoms with Crippen molar-refractivity contribution in [1.29, 1.82) is 0 Å². The van der Waals surface area contributed by atoms with Crippen molar-refractivity contribution in [2.45, 2.75) is 25.9 Å². The van der Waals surface area contributed by atoms with Crippen LogP contribution in [-0.2, 0) is 15.8 Å². The Hall–Kier alpha value is -4.18. The maximum atomic E-state index is 13.3. The fourth-order valence-corrected chi connectivity index (χ4v) is 5.68. The average Bonchev–Trinajstić information content (AvgIpc) is 3.55. The number of halogens is 3. The van der Waals surface area contributed by atoms with Crippen molar-refractivity contribution >= 4 is 51.9 Å². The van der Waals surface area contributed by atoms with E-state index < -0.39 is 17.7 Å². The quantitative estimate of drug-likeness (QED) is 0.177.